The number of rotatable bonds is 2. The van der Waals surface area contributed by atoms with Gasteiger partial charge in [0.2, 0.25) is 0 Å². The number of aromatic amines is 1. The maximum absolute atomic E-state index is 12.5. The van der Waals surface area contributed by atoms with Crippen molar-refractivity contribution in [2.24, 2.45) is 0 Å². The van der Waals surface area contributed by atoms with Crippen molar-refractivity contribution < 1.29 is 4.79 Å². The molecule has 0 radical (unpaired) electrons. The predicted molar refractivity (Wildman–Crippen MR) is 75.7 cm³/mol. The minimum Gasteiger partial charge on any atom is -0.319 e. The smallest absolute Gasteiger partial charge is 0.257 e. The monoisotopic (exact) mass is 271 g/mol. The maximum Gasteiger partial charge on any atom is 0.257 e. The second kappa shape index (κ2) is 5.05. The van der Waals surface area contributed by atoms with E-state index in [1.807, 2.05) is 20.0 Å². The Hall–Kier alpha value is -2.21. The predicted octanol–water partition coefficient (Wildman–Crippen LogP) is 1.32. The van der Waals surface area contributed by atoms with Gasteiger partial charge in [-0.25, -0.2) is 0 Å². The molecule has 0 aliphatic carbocycles. The molecule has 20 heavy (non-hydrogen) atoms. The first-order valence-corrected chi connectivity index (χ1v) is 6.66. The third-order valence-corrected chi connectivity index (χ3v) is 3.63. The summed E-state index contributed by atoms with van der Waals surface area (Å²) >= 11 is 0. The molecule has 104 valence electrons. The third kappa shape index (κ3) is 2.18. The van der Waals surface area contributed by atoms with Crippen LogP contribution in [0.2, 0.25) is 0 Å². The van der Waals surface area contributed by atoms with Crippen LogP contribution in [-0.4, -0.2) is 27.6 Å². The number of hydrogen-bond donors (Lipinski definition) is 3. The summed E-state index contributed by atoms with van der Waals surface area (Å²) in [6.07, 6.45) is 4.32. The third-order valence-electron chi connectivity index (χ3n) is 3.63. The Morgan fingerprint density at radius 3 is 2.95 bits per heavy atom. The molecule has 1 aliphatic rings. The molecule has 6 nitrogen and oxygen atoms in total. The van der Waals surface area contributed by atoms with Gasteiger partial charge >= 0.3 is 0 Å². The van der Waals surface area contributed by atoms with Gasteiger partial charge in [-0.15, -0.1) is 0 Å². The van der Waals surface area contributed by atoms with Crippen molar-refractivity contribution in [3.8, 4) is 0 Å². The van der Waals surface area contributed by atoms with E-state index in [0.717, 1.165) is 47.7 Å². The Bertz CT molecular complexity index is 642. The number of aryl methyl sites for hydroxylation is 2. The lowest BCUT2D eigenvalue weighted by molar-refractivity contribution is 0.102. The average molecular weight is 271 g/mol. The van der Waals surface area contributed by atoms with Crippen LogP contribution in [-0.2, 0) is 13.0 Å². The van der Waals surface area contributed by atoms with Crippen molar-refractivity contribution in [3.63, 3.8) is 0 Å². The van der Waals surface area contributed by atoms with Gasteiger partial charge in [0.1, 0.15) is 0 Å². The molecule has 1 amide bonds. The van der Waals surface area contributed by atoms with E-state index in [-0.39, 0.29) is 5.91 Å². The van der Waals surface area contributed by atoms with Gasteiger partial charge in [0.15, 0.2) is 0 Å². The molecule has 0 aromatic carbocycles. The number of pyridine rings is 1. The first-order valence-electron chi connectivity index (χ1n) is 6.66. The second-order valence-electron chi connectivity index (χ2n) is 5.01. The van der Waals surface area contributed by atoms with Crippen LogP contribution < -0.4 is 10.6 Å². The molecule has 3 rings (SSSR count). The van der Waals surface area contributed by atoms with Gasteiger partial charge in [0.25, 0.3) is 5.91 Å². The molecule has 2 aromatic heterocycles. The zero-order valence-electron chi connectivity index (χ0n) is 11.6. The number of H-pyrrole nitrogens is 1. The van der Waals surface area contributed by atoms with Crippen molar-refractivity contribution in [1.82, 2.24) is 20.5 Å². The lowest BCUT2D eigenvalue weighted by Crippen LogP contribution is -2.27. The zero-order chi connectivity index (χ0) is 14.1. The van der Waals surface area contributed by atoms with Gasteiger partial charge < -0.3 is 10.6 Å². The molecular weight excluding hydrogens is 254 g/mol. The molecule has 3 N–H and O–H groups in total. The Morgan fingerprint density at radius 2 is 2.20 bits per heavy atom. The van der Waals surface area contributed by atoms with Gasteiger partial charge in [-0.1, -0.05) is 0 Å². The van der Waals surface area contributed by atoms with Gasteiger partial charge in [-0.2, -0.15) is 5.10 Å². The standard InChI is InChI=1S/C14H17N5O/c1-8-13(9(2)19-18-8)17-14(20)12-7-16-6-10-5-15-4-3-11(10)12/h6-7,15H,3-5H2,1-2H3,(H,17,20)(H,18,19). The number of fused-ring (bicyclic) bond motifs is 1. The van der Waals surface area contributed by atoms with Gasteiger partial charge in [-0.05, 0) is 37.9 Å². The Morgan fingerprint density at radius 1 is 1.35 bits per heavy atom. The van der Waals surface area contributed by atoms with Crippen molar-refractivity contribution in [2.75, 3.05) is 11.9 Å². The molecule has 0 unspecified atom stereocenters. The Labute approximate surface area is 117 Å². The largest absolute Gasteiger partial charge is 0.319 e. The zero-order valence-corrected chi connectivity index (χ0v) is 11.6. The minimum atomic E-state index is -0.121. The van der Waals surface area contributed by atoms with Crippen LogP contribution in [0.3, 0.4) is 0 Å². The number of anilines is 1. The van der Waals surface area contributed by atoms with E-state index in [1.165, 1.54) is 0 Å². The number of amides is 1. The van der Waals surface area contributed by atoms with E-state index in [2.05, 4.69) is 25.8 Å². The summed E-state index contributed by atoms with van der Waals surface area (Å²) in [7, 11) is 0. The number of hydrogen-bond acceptors (Lipinski definition) is 4. The molecule has 6 heteroatoms. The van der Waals surface area contributed by atoms with Crippen molar-refractivity contribution in [1.29, 1.82) is 0 Å². The lowest BCUT2D eigenvalue weighted by atomic mass is 9.98. The van der Waals surface area contributed by atoms with Crippen LogP contribution in [0.25, 0.3) is 0 Å². The summed E-state index contributed by atoms with van der Waals surface area (Å²) in [5.41, 5.74) is 5.25. The number of nitrogens with zero attached hydrogens (tertiary/aromatic N) is 2. The topological polar surface area (TPSA) is 82.7 Å². The van der Waals surface area contributed by atoms with Gasteiger partial charge in [-0.3, -0.25) is 14.9 Å². The quantitative estimate of drug-likeness (QED) is 0.769. The fraction of sp³-hybridized carbons (Fsp3) is 0.357. The highest BCUT2D eigenvalue weighted by Gasteiger charge is 2.19. The number of carbonyl (C=O) groups excluding carboxylic acids is 1. The van der Waals surface area contributed by atoms with Gasteiger partial charge in [0, 0.05) is 18.9 Å². The first kappa shape index (κ1) is 12.8. The minimum absolute atomic E-state index is 0.121. The summed E-state index contributed by atoms with van der Waals surface area (Å²) in [5.74, 6) is -0.121. The summed E-state index contributed by atoms with van der Waals surface area (Å²) in [6.45, 7) is 5.41. The number of nitrogens with one attached hydrogen (secondary N) is 3. The fourth-order valence-corrected chi connectivity index (χ4v) is 2.53. The van der Waals surface area contributed by atoms with Crippen molar-refractivity contribution in [3.05, 3.63) is 40.5 Å². The molecule has 0 spiro atoms. The maximum atomic E-state index is 12.5. The summed E-state index contributed by atoms with van der Waals surface area (Å²) in [6, 6.07) is 0. The number of aromatic nitrogens is 3. The molecule has 2 aromatic rings. The van der Waals surface area contributed by atoms with Crippen LogP contribution in [0.1, 0.15) is 32.9 Å². The van der Waals surface area contributed by atoms with E-state index in [1.54, 1.807) is 6.20 Å². The van der Waals surface area contributed by atoms with E-state index in [9.17, 15) is 4.79 Å². The summed E-state index contributed by atoms with van der Waals surface area (Å²) in [5, 5.41) is 13.2. The van der Waals surface area contributed by atoms with E-state index in [0.29, 0.717) is 5.56 Å². The summed E-state index contributed by atoms with van der Waals surface area (Å²) in [4.78, 5) is 16.6. The second-order valence-corrected chi connectivity index (χ2v) is 5.01. The van der Waals surface area contributed by atoms with E-state index in [4.69, 9.17) is 0 Å². The highest BCUT2D eigenvalue weighted by Crippen LogP contribution is 2.21. The van der Waals surface area contributed by atoms with Crippen LogP contribution in [0, 0.1) is 13.8 Å². The molecule has 0 atom stereocenters. The molecule has 0 fully saturated rings. The molecular formula is C14H17N5O. The molecule has 3 heterocycles. The number of carbonyl (C=O) groups is 1. The van der Waals surface area contributed by atoms with Gasteiger partial charge in [0.05, 0.1) is 22.6 Å². The van der Waals surface area contributed by atoms with Crippen LogP contribution in [0.15, 0.2) is 12.4 Å². The average Bonchev–Trinajstić information content (AvgIpc) is 2.78. The molecule has 1 aliphatic heterocycles. The highest BCUT2D eigenvalue weighted by atomic mass is 16.1. The molecule has 0 saturated heterocycles. The van der Waals surface area contributed by atoms with Crippen LogP contribution >= 0.6 is 0 Å². The van der Waals surface area contributed by atoms with Crippen LogP contribution in [0.5, 0.6) is 0 Å². The molecule has 0 saturated carbocycles. The van der Waals surface area contributed by atoms with Crippen molar-refractivity contribution >= 4 is 11.6 Å². The lowest BCUT2D eigenvalue weighted by Gasteiger charge is -2.19. The van der Waals surface area contributed by atoms with Crippen molar-refractivity contribution in [2.45, 2.75) is 26.8 Å². The summed E-state index contributed by atoms with van der Waals surface area (Å²) < 4.78 is 0. The Kier molecular flexibility index (Phi) is 3.23. The fourth-order valence-electron chi connectivity index (χ4n) is 2.53. The normalized spacial score (nSPS) is 13.9. The van der Waals surface area contributed by atoms with Crippen LogP contribution in [0.4, 0.5) is 5.69 Å². The van der Waals surface area contributed by atoms with E-state index < -0.39 is 0 Å². The first-order chi connectivity index (χ1) is 9.66. The molecule has 0 bridgehead atoms. The highest BCUT2D eigenvalue weighted by molar-refractivity contribution is 6.05. The van der Waals surface area contributed by atoms with E-state index >= 15 is 0 Å². The SMILES string of the molecule is Cc1n[nH]c(C)c1NC(=O)c1cncc2c1CCNC2. The Balaban J connectivity index is 1.92.